The molecule has 1 N–H and O–H groups in total. The zero-order chi connectivity index (χ0) is 23.5. The maximum absolute atomic E-state index is 13.1. The Labute approximate surface area is 195 Å². The summed E-state index contributed by atoms with van der Waals surface area (Å²) in [6.45, 7) is 6.84. The van der Waals surface area contributed by atoms with Crippen LogP contribution in [-0.2, 0) is 13.6 Å². The molecule has 3 aromatic rings. The van der Waals surface area contributed by atoms with Gasteiger partial charge in [0.15, 0.2) is 0 Å². The molecule has 1 aromatic heterocycles. The smallest absolute Gasteiger partial charge is 0.322 e. The summed E-state index contributed by atoms with van der Waals surface area (Å²) in [4.78, 5) is 30.5. The topological polar surface area (TPSA) is 62.5 Å². The summed E-state index contributed by atoms with van der Waals surface area (Å²) < 4.78 is 3.35. The number of carbonyl (C=O) groups is 1. The third kappa shape index (κ3) is 4.73. The summed E-state index contributed by atoms with van der Waals surface area (Å²) in [7, 11) is 3.66. The van der Waals surface area contributed by atoms with E-state index in [4.69, 9.17) is 0 Å². The number of carbonyl (C=O) groups excluding carboxylic acids is 1. The minimum absolute atomic E-state index is 0.123. The highest BCUT2D eigenvalue weighted by molar-refractivity contribution is 5.89. The molecule has 2 aromatic carbocycles. The van der Waals surface area contributed by atoms with E-state index in [-0.39, 0.29) is 17.6 Å². The van der Waals surface area contributed by atoms with E-state index in [1.54, 1.807) is 14.3 Å². The van der Waals surface area contributed by atoms with Crippen LogP contribution in [0.4, 0.5) is 10.5 Å². The summed E-state index contributed by atoms with van der Waals surface area (Å²) in [5, 5.41) is 2.90. The number of nitrogens with one attached hydrogen (secondary N) is 1. The van der Waals surface area contributed by atoms with Gasteiger partial charge in [-0.25, -0.2) is 9.48 Å². The first kappa shape index (κ1) is 22.9. The number of nitrogens with zero attached hydrogens (tertiary/aromatic N) is 4. The molecule has 0 spiro atoms. The molecular weight excluding hydrogens is 414 g/mol. The van der Waals surface area contributed by atoms with Crippen LogP contribution in [0.2, 0.25) is 0 Å². The molecule has 7 heteroatoms. The molecule has 4 rings (SSSR count). The molecule has 1 fully saturated rings. The summed E-state index contributed by atoms with van der Waals surface area (Å²) >= 11 is 0. The van der Waals surface area contributed by atoms with Gasteiger partial charge >= 0.3 is 6.03 Å². The lowest BCUT2D eigenvalue weighted by Gasteiger charge is -2.41. The number of aromatic nitrogens is 2. The van der Waals surface area contributed by atoms with E-state index in [0.29, 0.717) is 11.6 Å². The van der Waals surface area contributed by atoms with Gasteiger partial charge in [-0.2, -0.15) is 0 Å². The number of rotatable bonds is 5. The highest BCUT2D eigenvalue weighted by atomic mass is 16.2. The number of urea groups is 1. The van der Waals surface area contributed by atoms with Crippen LogP contribution >= 0.6 is 0 Å². The number of likely N-dealkylation sites (tertiary alicyclic amines) is 1. The Morgan fingerprint density at radius 1 is 1.09 bits per heavy atom. The molecule has 2 amide bonds. The van der Waals surface area contributed by atoms with E-state index in [1.807, 2.05) is 57.4 Å². The van der Waals surface area contributed by atoms with Crippen molar-refractivity contribution in [1.29, 1.82) is 0 Å². The number of para-hydroxylation sites is 1. The van der Waals surface area contributed by atoms with E-state index < -0.39 is 0 Å². The van der Waals surface area contributed by atoms with Crippen LogP contribution in [0, 0.1) is 12.8 Å². The molecule has 0 saturated carbocycles. The van der Waals surface area contributed by atoms with E-state index in [2.05, 4.69) is 41.4 Å². The maximum atomic E-state index is 13.1. The first-order valence-electron chi connectivity index (χ1n) is 11.5. The SMILES string of the molecule is Cc1c(NC(=O)N(C)[C@H]2CCN(Cc3ccccc3)C[C@H]2C)c(=O)n(-c2ccccc2)n1C. The van der Waals surface area contributed by atoms with Crippen molar-refractivity contribution in [3.8, 4) is 5.69 Å². The first-order chi connectivity index (χ1) is 15.9. The standard InChI is InChI=1S/C26H33N5O2/c1-19-17-30(18-21-11-7-5-8-12-21)16-15-23(19)28(3)26(33)27-24-20(2)29(4)31(25(24)32)22-13-9-6-10-14-22/h5-14,19,23H,15-18H2,1-4H3,(H,27,33)/t19-,23+/m1/s1. The Kier molecular flexibility index (Phi) is 6.70. The van der Waals surface area contributed by atoms with Gasteiger partial charge < -0.3 is 10.2 Å². The molecule has 0 bridgehead atoms. The van der Waals surface area contributed by atoms with Crippen molar-refractivity contribution in [2.75, 3.05) is 25.5 Å². The monoisotopic (exact) mass is 447 g/mol. The van der Waals surface area contributed by atoms with Gasteiger partial charge in [-0.15, -0.1) is 0 Å². The molecule has 0 aliphatic carbocycles. The van der Waals surface area contributed by atoms with Crippen molar-refractivity contribution >= 4 is 11.7 Å². The van der Waals surface area contributed by atoms with Gasteiger partial charge in [0.1, 0.15) is 5.69 Å². The van der Waals surface area contributed by atoms with Crippen LogP contribution in [0.5, 0.6) is 0 Å². The molecule has 33 heavy (non-hydrogen) atoms. The van der Waals surface area contributed by atoms with Crippen molar-refractivity contribution in [2.45, 2.75) is 32.9 Å². The lowest BCUT2D eigenvalue weighted by molar-refractivity contribution is 0.0933. The zero-order valence-electron chi connectivity index (χ0n) is 19.9. The number of anilines is 1. The lowest BCUT2D eigenvalue weighted by atomic mass is 9.92. The Balaban J connectivity index is 1.44. The molecule has 2 atom stereocenters. The molecule has 1 aliphatic heterocycles. The van der Waals surface area contributed by atoms with Gasteiger partial charge in [-0.3, -0.25) is 14.4 Å². The Morgan fingerprint density at radius 3 is 2.36 bits per heavy atom. The van der Waals surface area contributed by atoms with E-state index >= 15 is 0 Å². The van der Waals surface area contributed by atoms with Crippen molar-refractivity contribution in [3.05, 3.63) is 82.3 Å². The minimum Gasteiger partial charge on any atom is -0.324 e. The lowest BCUT2D eigenvalue weighted by Crippen LogP contribution is -2.51. The molecule has 0 unspecified atom stereocenters. The normalized spacial score (nSPS) is 18.8. The number of piperidine rings is 1. The number of hydrogen-bond acceptors (Lipinski definition) is 3. The minimum atomic E-state index is -0.241. The van der Waals surface area contributed by atoms with Crippen molar-refractivity contribution < 1.29 is 4.79 Å². The van der Waals surface area contributed by atoms with Crippen LogP contribution in [0.3, 0.4) is 0 Å². The number of amides is 2. The van der Waals surface area contributed by atoms with Crippen LogP contribution < -0.4 is 10.9 Å². The second kappa shape index (κ2) is 9.67. The third-order valence-electron chi connectivity index (χ3n) is 6.80. The summed E-state index contributed by atoms with van der Waals surface area (Å²) in [5.41, 5.74) is 2.89. The van der Waals surface area contributed by atoms with E-state index in [0.717, 1.165) is 37.4 Å². The molecule has 2 heterocycles. The van der Waals surface area contributed by atoms with Gasteiger partial charge in [0.2, 0.25) is 0 Å². The van der Waals surface area contributed by atoms with Gasteiger partial charge in [0.05, 0.1) is 11.4 Å². The molecule has 1 aliphatic rings. The Bertz CT molecular complexity index is 1150. The van der Waals surface area contributed by atoms with Crippen LogP contribution in [0.15, 0.2) is 65.5 Å². The largest absolute Gasteiger partial charge is 0.324 e. The quantitative estimate of drug-likeness (QED) is 0.646. The molecule has 1 saturated heterocycles. The van der Waals surface area contributed by atoms with Crippen LogP contribution in [0.1, 0.15) is 24.6 Å². The van der Waals surface area contributed by atoms with Gasteiger partial charge in [0.25, 0.3) is 5.56 Å². The number of benzene rings is 2. The average molecular weight is 448 g/mol. The van der Waals surface area contributed by atoms with Crippen LogP contribution in [0.25, 0.3) is 5.69 Å². The molecule has 174 valence electrons. The average Bonchev–Trinajstić information content (AvgIpc) is 3.03. The maximum Gasteiger partial charge on any atom is 0.322 e. The number of hydrogen-bond donors (Lipinski definition) is 1. The third-order valence-corrected chi connectivity index (χ3v) is 6.80. The fourth-order valence-electron chi connectivity index (χ4n) is 4.84. The van der Waals surface area contributed by atoms with Gasteiger partial charge in [-0.1, -0.05) is 55.5 Å². The highest BCUT2D eigenvalue weighted by Gasteiger charge is 2.32. The summed E-state index contributed by atoms with van der Waals surface area (Å²) in [5.74, 6) is 0.330. The first-order valence-corrected chi connectivity index (χ1v) is 11.5. The Hall–Kier alpha value is -3.32. The van der Waals surface area contributed by atoms with Crippen molar-refractivity contribution in [2.24, 2.45) is 13.0 Å². The second-order valence-corrected chi connectivity index (χ2v) is 9.03. The van der Waals surface area contributed by atoms with Crippen molar-refractivity contribution in [3.63, 3.8) is 0 Å². The zero-order valence-corrected chi connectivity index (χ0v) is 19.9. The predicted molar refractivity (Wildman–Crippen MR) is 132 cm³/mol. The molecule has 0 radical (unpaired) electrons. The molecule has 7 nitrogen and oxygen atoms in total. The second-order valence-electron chi connectivity index (χ2n) is 9.03. The highest BCUT2D eigenvalue weighted by Crippen LogP contribution is 2.24. The van der Waals surface area contributed by atoms with E-state index in [1.165, 1.54) is 5.56 Å². The van der Waals surface area contributed by atoms with E-state index in [9.17, 15) is 9.59 Å². The Morgan fingerprint density at radius 2 is 1.73 bits per heavy atom. The van der Waals surface area contributed by atoms with Gasteiger partial charge in [-0.05, 0) is 37.0 Å². The van der Waals surface area contributed by atoms with Crippen LogP contribution in [-0.4, -0.2) is 51.4 Å². The van der Waals surface area contributed by atoms with Crippen molar-refractivity contribution in [1.82, 2.24) is 19.2 Å². The molecular formula is C26H33N5O2. The van der Waals surface area contributed by atoms with Gasteiger partial charge in [0, 0.05) is 39.8 Å². The predicted octanol–water partition coefficient (Wildman–Crippen LogP) is 3.86. The fourth-order valence-corrected chi connectivity index (χ4v) is 4.84. The fraction of sp³-hybridized carbons (Fsp3) is 0.385. The summed E-state index contributed by atoms with van der Waals surface area (Å²) in [6, 6.07) is 19.8. The summed E-state index contributed by atoms with van der Waals surface area (Å²) in [6.07, 6.45) is 0.903.